The molecule has 0 aromatic rings. The molecule has 1 saturated heterocycles. The summed E-state index contributed by atoms with van der Waals surface area (Å²) in [6, 6.07) is 0. The van der Waals surface area contributed by atoms with Gasteiger partial charge in [0.1, 0.15) is 0 Å². The predicted molar refractivity (Wildman–Crippen MR) is 71.0 cm³/mol. The van der Waals surface area contributed by atoms with Gasteiger partial charge in [-0.05, 0) is 39.9 Å². The van der Waals surface area contributed by atoms with Crippen molar-refractivity contribution in [2.75, 3.05) is 40.3 Å². The number of nitrogens with one attached hydrogen (secondary N) is 2. The van der Waals surface area contributed by atoms with Crippen LogP contribution in [0, 0.1) is 5.41 Å². The molecule has 4 heteroatoms. The monoisotopic (exact) mass is 241 g/mol. The largest absolute Gasteiger partial charge is 0.354 e. The Morgan fingerprint density at radius 2 is 2.24 bits per heavy atom. The van der Waals surface area contributed by atoms with Crippen LogP contribution in [0.25, 0.3) is 0 Å². The minimum absolute atomic E-state index is 0.153. The van der Waals surface area contributed by atoms with Crippen molar-refractivity contribution < 1.29 is 4.79 Å². The van der Waals surface area contributed by atoms with Crippen molar-refractivity contribution in [3.05, 3.63) is 0 Å². The third-order valence-corrected chi connectivity index (χ3v) is 3.53. The summed E-state index contributed by atoms with van der Waals surface area (Å²) in [5, 5.41) is 6.46. The minimum Gasteiger partial charge on any atom is -0.354 e. The SMILES string of the molecule is CCCC1(C(=O)NCCN(C)C)CCCNC1. The van der Waals surface area contributed by atoms with Crippen LogP contribution >= 0.6 is 0 Å². The molecule has 1 atom stereocenters. The van der Waals surface area contributed by atoms with Crippen LogP contribution in [0.5, 0.6) is 0 Å². The standard InChI is InChI=1S/C13H27N3O/c1-4-6-13(7-5-8-14-11-13)12(17)15-9-10-16(2)3/h14H,4-11H2,1-3H3,(H,15,17). The molecule has 17 heavy (non-hydrogen) atoms. The van der Waals surface area contributed by atoms with E-state index in [1.54, 1.807) is 0 Å². The Bertz CT molecular complexity index is 229. The molecule has 1 amide bonds. The average molecular weight is 241 g/mol. The van der Waals surface area contributed by atoms with E-state index in [1.807, 2.05) is 14.1 Å². The number of hydrogen-bond acceptors (Lipinski definition) is 3. The van der Waals surface area contributed by atoms with E-state index in [-0.39, 0.29) is 11.3 Å². The van der Waals surface area contributed by atoms with Gasteiger partial charge in [0.05, 0.1) is 5.41 Å². The molecule has 0 spiro atoms. The Kier molecular flexibility index (Phi) is 5.92. The number of piperidine rings is 1. The summed E-state index contributed by atoms with van der Waals surface area (Å²) in [5.41, 5.74) is -0.153. The summed E-state index contributed by atoms with van der Waals surface area (Å²) in [6.45, 7) is 5.70. The first kappa shape index (κ1) is 14.5. The van der Waals surface area contributed by atoms with Gasteiger partial charge in [-0.15, -0.1) is 0 Å². The second-order valence-electron chi connectivity index (χ2n) is 5.37. The van der Waals surface area contributed by atoms with Crippen LogP contribution in [0.3, 0.4) is 0 Å². The van der Waals surface area contributed by atoms with Crippen LogP contribution in [-0.2, 0) is 4.79 Å². The highest BCUT2D eigenvalue weighted by molar-refractivity contribution is 5.83. The van der Waals surface area contributed by atoms with Gasteiger partial charge >= 0.3 is 0 Å². The molecule has 0 saturated carbocycles. The Balaban J connectivity index is 2.48. The van der Waals surface area contributed by atoms with Gasteiger partial charge in [0.25, 0.3) is 0 Å². The van der Waals surface area contributed by atoms with Crippen molar-refractivity contribution in [2.45, 2.75) is 32.6 Å². The number of rotatable bonds is 6. The highest BCUT2D eigenvalue weighted by Gasteiger charge is 2.38. The van der Waals surface area contributed by atoms with Gasteiger partial charge in [-0.1, -0.05) is 13.3 Å². The fourth-order valence-corrected chi connectivity index (χ4v) is 2.55. The van der Waals surface area contributed by atoms with Crippen LogP contribution in [0.4, 0.5) is 0 Å². The van der Waals surface area contributed by atoms with E-state index >= 15 is 0 Å². The highest BCUT2D eigenvalue weighted by Crippen LogP contribution is 2.31. The average Bonchev–Trinajstić information content (AvgIpc) is 2.30. The molecule has 1 rings (SSSR count). The number of amides is 1. The predicted octanol–water partition coefficient (Wildman–Crippen LogP) is 0.834. The van der Waals surface area contributed by atoms with E-state index < -0.39 is 0 Å². The number of hydrogen-bond donors (Lipinski definition) is 2. The van der Waals surface area contributed by atoms with Crippen LogP contribution in [0.2, 0.25) is 0 Å². The van der Waals surface area contributed by atoms with Crippen molar-refractivity contribution in [2.24, 2.45) is 5.41 Å². The molecule has 1 heterocycles. The van der Waals surface area contributed by atoms with Gasteiger partial charge in [0.15, 0.2) is 0 Å². The first-order valence-electron chi connectivity index (χ1n) is 6.74. The molecule has 0 radical (unpaired) electrons. The zero-order valence-corrected chi connectivity index (χ0v) is 11.5. The maximum absolute atomic E-state index is 12.3. The molecule has 0 aliphatic carbocycles. The molecule has 0 bridgehead atoms. The van der Waals surface area contributed by atoms with E-state index in [2.05, 4.69) is 22.5 Å². The molecule has 100 valence electrons. The molecular formula is C13H27N3O. The first-order valence-corrected chi connectivity index (χ1v) is 6.74. The summed E-state index contributed by atoms with van der Waals surface area (Å²) in [6.07, 6.45) is 4.21. The summed E-state index contributed by atoms with van der Waals surface area (Å²) in [4.78, 5) is 14.4. The second-order valence-corrected chi connectivity index (χ2v) is 5.37. The molecule has 1 fully saturated rings. The highest BCUT2D eigenvalue weighted by atomic mass is 16.2. The Morgan fingerprint density at radius 3 is 2.76 bits per heavy atom. The zero-order valence-electron chi connectivity index (χ0n) is 11.5. The normalized spacial score (nSPS) is 24.9. The van der Waals surface area contributed by atoms with Crippen molar-refractivity contribution in [1.82, 2.24) is 15.5 Å². The third kappa shape index (κ3) is 4.28. The molecule has 0 aromatic carbocycles. The van der Waals surface area contributed by atoms with Crippen LogP contribution < -0.4 is 10.6 Å². The van der Waals surface area contributed by atoms with Gasteiger partial charge in [0.2, 0.25) is 5.91 Å². The lowest BCUT2D eigenvalue weighted by molar-refractivity contribution is -0.132. The number of likely N-dealkylation sites (N-methyl/N-ethyl adjacent to an activating group) is 1. The van der Waals surface area contributed by atoms with Crippen molar-refractivity contribution in [3.63, 3.8) is 0 Å². The first-order chi connectivity index (χ1) is 8.10. The third-order valence-electron chi connectivity index (χ3n) is 3.53. The summed E-state index contributed by atoms with van der Waals surface area (Å²) < 4.78 is 0. The molecule has 1 aliphatic rings. The van der Waals surface area contributed by atoms with Crippen LogP contribution in [0.15, 0.2) is 0 Å². The van der Waals surface area contributed by atoms with Crippen LogP contribution in [-0.4, -0.2) is 51.1 Å². The van der Waals surface area contributed by atoms with Gasteiger partial charge in [-0.25, -0.2) is 0 Å². The summed E-state index contributed by atoms with van der Waals surface area (Å²) in [5.74, 6) is 0.244. The van der Waals surface area contributed by atoms with Crippen LogP contribution in [0.1, 0.15) is 32.6 Å². The lowest BCUT2D eigenvalue weighted by atomic mass is 9.76. The minimum atomic E-state index is -0.153. The lowest BCUT2D eigenvalue weighted by Gasteiger charge is -2.36. The maximum atomic E-state index is 12.3. The second kappa shape index (κ2) is 6.97. The van der Waals surface area contributed by atoms with E-state index in [0.29, 0.717) is 0 Å². The number of carbonyl (C=O) groups excluding carboxylic acids is 1. The lowest BCUT2D eigenvalue weighted by Crippen LogP contribution is -2.51. The van der Waals surface area contributed by atoms with Gasteiger partial charge in [-0.3, -0.25) is 4.79 Å². The Labute approximate surface area is 105 Å². The fraction of sp³-hybridized carbons (Fsp3) is 0.923. The topological polar surface area (TPSA) is 44.4 Å². The zero-order chi connectivity index (χ0) is 12.7. The fourth-order valence-electron chi connectivity index (χ4n) is 2.55. The quantitative estimate of drug-likeness (QED) is 0.724. The summed E-state index contributed by atoms with van der Waals surface area (Å²) >= 11 is 0. The van der Waals surface area contributed by atoms with E-state index in [9.17, 15) is 4.79 Å². The Hall–Kier alpha value is -0.610. The maximum Gasteiger partial charge on any atom is 0.227 e. The van der Waals surface area contributed by atoms with E-state index in [1.165, 1.54) is 0 Å². The summed E-state index contributed by atoms with van der Waals surface area (Å²) in [7, 11) is 4.05. The van der Waals surface area contributed by atoms with Crippen molar-refractivity contribution in [3.8, 4) is 0 Å². The molecule has 2 N–H and O–H groups in total. The smallest absolute Gasteiger partial charge is 0.227 e. The van der Waals surface area contributed by atoms with Gasteiger partial charge in [-0.2, -0.15) is 0 Å². The van der Waals surface area contributed by atoms with Crippen molar-refractivity contribution >= 4 is 5.91 Å². The molecule has 4 nitrogen and oxygen atoms in total. The number of carbonyl (C=O) groups is 1. The van der Waals surface area contributed by atoms with E-state index in [4.69, 9.17) is 0 Å². The number of nitrogens with zero attached hydrogens (tertiary/aromatic N) is 1. The van der Waals surface area contributed by atoms with Crippen molar-refractivity contribution in [1.29, 1.82) is 0 Å². The molecule has 1 unspecified atom stereocenters. The molecular weight excluding hydrogens is 214 g/mol. The molecule has 0 aromatic heterocycles. The van der Waals surface area contributed by atoms with E-state index in [0.717, 1.165) is 51.9 Å². The Morgan fingerprint density at radius 1 is 1.47 bits per heavy atom. The van der Waals surface area contributed by atoms with Gasteiger partial charge in [0, 0.05) is 19.6 Å². The molecule has 1 aliphatic heterocycles. The van der Waals surface area contributed by atoms with Gasteiger partial charge < -0.3 is 15.5 Å².